The number of alkyl carbamates (subject to hydrolysis) is 2. The van der Waals surface area contributed by atoms with E-state index in [1.807, 2.05) is 27.7 Å². The second-order valence-corrected chi connectivity index (χ2v) is 10.4. The first-order valence-corrected chi connectivity index (χ1v) is 10.9. The predicted molar refractivity (Wildman–Crippen MR) is 110 cm³/mol. The van der Waals surface area contributed by atoms with Crippen LogP contribution in [0.15, 0.2) is 0 Å². The van der Waals surface area contributed by atoms with Crippen molar-refractivity contribution < 1.29 is 19.1 Å². The first-order valence-electron chi connectivity index (χ1n) is 10.9. The van der Waals surface area contributed by atoms with Crippen LogP contribution >= 0.6 is 0 Å². The molecule has 2 rings (SSSR count). The van der Waals surface area contributed by atoms with Gasteiger partial charge >= 0.3 is 12.2 Å². The molecule has 0 aromatic rings. The number of amides is 2. The monoisotopic (exact) mass is 396 g/mol. The Morgan fingerprint density at radius 1 is 1.11 bits per heavy atom. The van der Waals surface area contributed by atoms with E-state index in [2.05, 4.69) is 31.4 Å². The van der Waals surface area contributed by atoms with Crippen LogP contribution in [0.1, 0.15) is 87.0 Å². The van der Waals surface area contributed by atoms with Gasteiger partial charge in [0.05, 0.1) is 11.6 Å². The van der Waals surface area contributed by atoms with Crippen LogP contribution in [0.5, 0.6) is 0 Å². The van der Waals surface area contributed by atoms with E-state index in [0.29, 0.717) is 17.8 Å². The van der Waals surface area contributed by atoms with Gasteiger partial charge in [-0.1, -0.05) is 27.2 Å². The van der Waals surface area contributed by atoms with E-state index >= 15 is 0 Å². The van der Waals surface area contributed by atoms with Crippen LogP contribution in [0.2, 0.25) is 0 Å². The first kappa shape index (κ1) is 22.8. The summed E-state index contributed by atoms with van der Waals surface area (Å²) in [4.78, 5) is 24.9. The Balaban J connectivity index is 1.95. The van der Waals surface area contributed by atoms with Crippen molar-refractivity contribution in [3.05, 3.63) is 0 Å². The van der Waals surface area contributed by atoms with E-state index < -0.39 is 17.2 Å². The fraction of sp³-hybridized carbons (Fsp3) is 0.909. The van der Waals surface area contributed by atoms with Crippen LogP contribution in [0.3, 0.4) is 0 Å². The fourth-order valence-electron chi connectivity index (χ4n) is 4.65. The minimum absolute atomic E-state index is 0.0322. The van der Waals surface area contributed by atoms with Gasteiger partial charge in [0.25, 0.3) is 0 Å². The molecule has 0 heterocycles. The molecule has 5 atom stereocenters. The highest BCUT2D eigenvalue weighted by Gasteiger charge is 2.43. The van der Waals surface area contributed by atoms with Gasteiger partial charge in [0, 0.05) is 0 Å². The van der Waals surface area contributed by atoms with Crippen LogP contribution < -0.4 is 10.6 Å². The van der Waals surface area contributed by atoms with Crippen LogP contribution in [0, 0.1) is 17.8 Å². The largest absolute Gasteiger partial charge is 0.446 e. The first-order chi connectivity index (χ1) is 12.9. The average Bonchev–Trinajstić information content (AvgIpc) is 2.85. The zero-order valence-electron chi connectivity index (χ0n) is 18.8. The van der Waals surface area contributed by atoms with Gasteiger partial charge in [-0.25, -0.2) is 9.59 Å². The Morgan fingerprint density at radius 2 is 1.79 bits per heavy atom. The second-order valence-electron chi connectivity index (χ2n) is 10.4. The maximum atomic E-state index is 12.7. The van der Waals surface area contributed by atoms with Gasteiger partial charge in [0.15, 0.2) is 0 Å². The summed E-state index contributed by atoms with van der Waals surface area (Å²) in [7, 11) is 0. The standard InChI is InChI=1S/C22H40N2O4/c1-14(2)16-11-10-15(3)13-17(16)27-19(25)23-18-9-8-12-22(18,7)24-20(26)28-21(4,5)6/h14-18H,8-13H2,1-7H3,(H,23,25)(H,24,26)/t15-,16-,17-,18?,22?/m1/s1. The maximum absolute atomic E-state index is 12.7. The molecule has 0 spiro atoms. The molecule has 162 valence electrons. The summed E-state index contributed by atoms with van der Waals surface area (Å²) in [6.45, 7) is 14.1. The van der Waals surface area contributed by atoms with Crippen molar-refractivity contribution in [1.29, 1.82) is 0 Å². The smallest absolute Gasteiger partial charge is 0.408 e. The summed E-state index contributed by atoms with van der Waals surface area (Å²) in [5, 5.41) is 6.00. The molecular formula is C22H40N2O4. The molecule has 0 aromatic heterocycles. The molecule has 2 N–H and O–H groups in total. The number of ether oxygens (including phenoxy) is 2. The minimum Gasteiger partial charge on any atom is -0.446 e. The molecule has 6 nitrogen and oxygen atoms in total. The van der Waals surface area contributed by atoms with Gasteiger partial charge < -0.3 is 20.1 Å². The summed E-state index contributed by atoms with van der Waals surface area (Å²) >= 11 is 0. The van der Waals surface area contributed by atoms with Crippen LogP contribution in [0.4, 0.5) is 9.59 Å². The molecule has 2 amide bonds. The zero-order chi connectivity index (χ0) is 21.1. The molecule has 28 heavy (non-hydrogen) atoms. The topological polar surface area (TPSA) is 76.7 Å². The van der Waals surface area contributed by atoms with E-state index in [1.54, 1.807) is 0 Å². The summed E-state index contributed by atoms with van der Waals surface area (Å²) in [6, 6.07) is -0.161. The number of hydrogen-bond acceptors (Lipinski definition) is 4. The number of carbonyl (C=O) groups excluding carboxylic acids is 2. The summed E-state index contributed by atoms with van der Waals surface area (Å²) in [5.41, 5.74) is -1.08. The lowest BCUT2D eigenvalue weighted by atomic mass is 9.75. The molecule has 2 aliphatic carbocycles. The summed E-state index contributed by atoms with van der Waals surface area (Å²) < 4.78 is 11.3. The van der Waals surface area contributed by atoms with Crippen LogP contribution in [-0.4, -0.2) is 35.5 Å². The number of hydrogen-bond donors (Lipinski definition) is 2. The Morgan fingerprint density at radius 3 is 2.39 bits per heavy atom. The van der Waals surface area contributed by atoms with Gasteiger partial charge in [-0.15, -0.1) is 0 Å². The zero-order valence-corrected chi connectivity index (χ0v) is 18.8. The Hall–Kier alpha value is -1.46. The second kappa shape index (κ2) is 8.91. The molecule has 0 radical (unpaired) electrons. The normalized spacial score (nSPS) is 33.4. The van der Waals surface area contributed by atoms with Crippen molar-refractivity contribution in [2.75, 3.05) is 0 Å². The van der Waals surface area contributed by atoms with Crippen molar-refractivity contribution in [1.82, 2.24) is 10.6 Å². The number of carbonyl (C=O) groups is 2. The molecule has 2 saturated carbocycles. The highest BCUT2D eigenvalue weighted by molar-refractivity contribution is 5.70. The van der Waals surface area contributed by atoms with Crippen molar-refractivity contribution in [3.63, 3.8) is 0 Å². The molecule has 0 aliphatic heterocycles. The lowest BCUT2D eigenvalue weighted by molar-refractivity contribution is 0.00334. The third-order valence-corrected chi connectivity index (χ3v) is 6.26. The van der Waals surface area contributed by atoms with Gasteiger partial charge in [0.1, 0.15) is 11.7 Å². The fourth-order valence-corrected chi connectivity index (χ4v) is 4.65. The molecule has 2 aliphatic rings. The SMILES string of the molecule is CC(C)[C@H]1CC[C@@H](C)C[C@H]1OC(=O)NC1CCCC1(C)NC(=O)OC(C)(C)C. The molecule has 0 bridgehead atoms. The van der Waals surface area contributed by atoms with Crippen molar-refractivity contribution in [3.8, 4) is 0 Å². The van der Waals surface area contributed by atoms with E-state index in [1.165, 1.54) is 6.42 Å². The Labute approximate surface area is 170 Å². The predicted octanol–water partition coefficient (Wildman–Crippen LogP) is 5.01. The molecule has 6 heteroatoms. The van der Waals surface area contributed by atoms with Gasteiger partial charge in [-0.2, -0.15) is 0 Å². The van der Waals surface area contributed by atoms with E-state index in [9.17, 15) is 9.59 Å². The Kier molecular flexibility index (Phi) is 7.27. The van der Waals surface area contributed by atoms with Crippen LogP contribution in [-0.2, 0) is 9.47 Å². The van der Waals surface area contributed by atoms with Crippen molar-refractivity contribution in [2.24, 2.45) is 17.8 Å². The van der Waals surface area contributed by atoms with E-state index in [4.69, 9.17) is 9.47 Å². The lowest BCUT2D eigenvalue weighted by Gasteiger charge is -2.38. The lowest BCUT2D eigenvalue weighted by Crippen LogP contribution is -2.58. The van der Waals surface area contributed by atoms with Crippen molar-refractivity contribution >= 4 is 12.2 Å². The van der Waals surface area contributed by atoms with Crippen LogP contribution in [0.25, 0.3) is 0 Å². The molecule has 0 aromatic carbocycles. The molecule has 2 fully saturated rings. The molecule has 2 unspecified atom stereocenters. The number of nitrogens with one attached hydrogen (secondary N) is 2. The van der Waals surface area contributed by atoms with E-state index in [0.717, 1.165) is 32.1 Å². The number of rotatable bonds is 4. The highest BCUT2D eigenvalue weighted by atomic mass is 16.6. The highest BCUT2D eigenvalue weighted by Crippen LogP contribution is 2.36. The van der Waals surface area contributed by atoms with Crippen molar-refractivity contribution in [2.45, 2.75) is 110 Å². The summed E-state index contributed by atoms with van der Waals surface area (Å²) in [5.74, 6) is 1.49. The van der Waals surface area contributed by atoms with Gasteiger partial charge in [-0.05, 0) is 77.6 Å². The molecular weight excluding hydrogens is 356 g/mol. The third kappa shape index (κ3) is 6.28. The third-order valence-electron chi connectivity index (χ3n) is 6.26. The average molecular weight is 397 g/mol. The maximum Gasteiger partial charge on any atom is 0.408 e. The Bertz CT molecular complexity index is 557. The van der Waals surface area contributed by atoms with E-state index in [-0.39, 0.29) is 18.2 Å². The van der Waals surface area contributed by atoms with Gasteiger partial charge in [0.2, 0.25) is 0 Å². The quantitative estimate of drug-likeness (QED) is 0.700. The minimum atomic E-state index is -0.551. The molecule has 0 saturated heterocycles. The summed E-state index contributed by atoms with van der Waals surface area (Å²) in [6.07, 6.45) is 4.94. The van der Waals surface area contributed by atoms with Gasteiger partial charge in [-0.3, -0.25) is 0 Å².